The Morgan fingerprint density at radius 3 is 2.69 bits per heavy atom. The highest BCUT2D eigenvalue weighted by atomic mass is 127. The minimum absolute atomic E-state index is 0. The molecule has 1 atom stereocenters. The Bertz CT molecular complexity index is 847. The van der Waals surface area contributed by atoms with Gasteiger partial charge in [0.15, 0.2) is 27.3 Å². The molecule has 3 rings (SSSR count). The lowest BCUT2D eigenvalue weighted by molar-refractivity contribution is -0.121. The lowest BCUT2D eigenvalue weighted by Crippen LogP contribution is -2.38. The summed E-state index contributed by atoms with van der Waals surface area (Å²) in [4.78, 5) is 16.1. The van der Waals surface area contributed by atoms with Gasteiger partial charge in [0, 0.05) is 44.2 Å². The van der Waals surface area contributed by atoms with Crippen LogP contribution in [0.5, 0.6) is 11.5 Å². The summed E-state index contributed by atoms with van der Waals surface area (Å²) in [5, 5.41) is 8.99. The summed E-state index contributed by atoms with van der Waals surface area (Å²) in [6.07, 6.45) is 1.54. The zero-order valence-electron chi connectivity index (χ0n) is 16.3. The number of benzene rings is 1. The molecule has 2 aliphatic heterocycles. The lowest BCUT2D eigenvalue weighted by atomic mass is 10.2. The van der Waals surface area contributed by atoms with Crippen molar-refractivity contribution in [1.29, 1.82) is 0 Å². The summed E-state index contributed by atoms with van der Waals surface area (Å²) in [6.45, 7) is 1.62. The van der Waals surface area contributed by atoms with Gasteiger partial charge in [-0.25, -0.2) is 8.42 Å². The summed E-state index contributed by atoms with van der Waals surface area (Å²) in [5.41, 5.74) is 0.790. The number of guanidine groups is 1. The van der Waals surface area contributed by atoms with Crippen molar-refractivity contribution in [3.05, 3.63) is 18.2 Å². The normalized spacial score (nSPS) is 20.2. The average Bonchev–Trinajstić information content (AvgIpc) is 2.86. The first-order valence-corrected chi connectivity index (χ1v) is 11.1. The number of fused-ring (bicyclic) bond motifs is 1. The van der Waals surface area contributed by atoms with E-state index in [1.807, 2.05) is 18.2 Å². The second-order valence-electron chi connectivity index (χ2n) is 6.75. The van der Waals surface area contributed by atoms with Crippen LogP contribution in [-0.2, 0) is 14.6 Å². The molecular formula is C18H27IN4O5S. The molecule has 0 saturated carbocycles. The van der Waals surface area contributed by atoms with Crippen molar-refractivity contribution in [2.45, 2.75) is 25.3 Å². The van der Waals surface area contributed by atoms with Crippen LogP contribution in [-0.4, -0.2) is 64.6 Å². The summed E-state index contributed by atoms with van der Waals surface area (Å²) < 4.78 is 34.2. The maximum absolute atomic E-state index is 12.0. The molecule has 1 amide bonds. The minimum Gasteiger partial charge on any atom is -0.490 e. The summed E-state index contributed by atoms with van der Waals surface area (Å²) in [5.74, 6) is 1.91. The predicted octanol–water partition coefficient (Wildman–Crippen LogP) is 1.15. The Morgan fingerprint density at radius 2 is 2.00 bits per heavy atom. The third-order valence-corrected chi connectivity index (χ3v) is 6.24. The van der Waals surface area contributed by atoms with Crippen LogP contribution < -0.4 is 25.4 Å². The molecule has 0 aliphatic carbocycles. The number of hydrogen-bond donors (Lipinski definition) is 3. The molecule has 0 radical (unpaired) electrons. The van der Waals surface area contributed by atoms with Gasteiger partial charge in [-0.1, -0.05) is 0 Å². The first-order valence-electron chi connectivity index (χ1n) is 9.32. The third kappa shape index (κ3) is 7.21. The Morgan fingerprint density at radius 1 is 1.24 bits per heavy atom. The van der Waals surface area contributed by atoms with Gasteiger partial charge in [-0.15, -0.1) is 24.0 Å². The van der Waals surface area contributed by atoms with Crippen LogP contribution in [0, 0.1) is 0 Å². The van der Waals surface area contributed by atoms with Crippen LogP contribution in [0.2, 0.25) is 0 Å². The molecule has 29 heavy (non-hydrogen) atoms. The van der Waals surface area contributed by atoms with Crippen molar-refractivity contribution < 1.29 is 22.7 Å². The summed E-state index contributed by atoms with van der Waals surface area (Å²) in [7, 11) is -1.36. The van der Waals surface area contributed by atoms with Gasteiger partial charge in [-0.05, 0) is 18.6 Å². The fraction of sp³-hybridized carbons (Fsp3) is 0.556. The maximum atomic E-state index is 12.0. The van der Waals surface area contributed by atoms with Crippen LogP contribution in [0.1, 0.15) is 19.3 Å². The van der Waals surface area contributed by atoms with Crippen molar-refractivity contribution in [3.63, 3.8) is 0 Å². The molecule has 0 spiro atoms. The molecule has 2 aliphatic rings. The molecule has 1 aromatic carbocycles. The topological polar surface area (TPSA) is 118 Å². The average molecular weight is 538 g/mol. The van der Waals surface area contributed by atoms with E-state index in [1.165, 1.54) is 0 Å². The number of hydrogen-bond acceptors (Lipinski definition) is 6. The molecule has 0 bridgehead atoms. The van der Waals surface area contributed by atoms with Crippen molar-refractivity contribution in [3.8, 4) is 11.5 Å². The molecule has 1 aromatic rings. The Balaban J connectivity index is 0.00000300. The number of amides is 1. The molecule has 11 heteroatoms. The molecule has 0 aromatic heterocycles. The lowest BCUT2D eigenvalue weighted by Gasteiger charge is -2.14. The molecule has 1 fully saturated rings. The van der Waals surface area contributed by atoms with Gasteiger partial charge in [-0.3, -0.25) is 9.79 Å². The highest BCUT2D eigenvalue weighted by molar-refractivity contribution is 14.0. The van der Waals surface area contributed by atoms with Gasteiger partial charge in [0.1, 0.15) is 0 Å². The van der Waals surface area contributed by atoms with Crippen molar-refractivity contribution in [2.24, 2.45) is 4.99 Å². The largest absolute Gasteiger partial charge is 0.490 e. The Hall–Kier alpha value is -1.76. The second kappa shape index (κ2) is 10.9. The van der Waals surface area contributed by atoms with E-state index in [0.29, 0.717) is 37.9 Å². The van der Waals surface area contributed by atoms with Crippen LogP contribution in [0.3, 0.4) is 0 Å². The van der Waals surface area contributed by atoms with E-state index in [1.54, 1.807) is 7.05 Å². The Labute approximate surface area is 188 Å². The standard InChI is InChI=1S/C18H26N4O5S.HI/c1-19-18(20-7-5-17(23)21-14-6-10-28(24,25)12-14)22-13-3-4-15-16(11-13)27-9-2-8-26-15;/h3-4,11,14H,2,5-10,12H2,1H3,(H,21,23)(H2,19,20,22);1H. The van der Waals surface area contributed by atoms with Crippen molar-refractivity contribution in [2.75, 3.05) is 43.6 Å². The SMILES string of the molecule is CN=C(NCCC(=O)NC1CCS(=O)(=O)C1)Nc1ccc2c(c1)OCCCO2.I. The number of aliphatic imine (C=N–C) groups is 1. The predicted molar refractivity (Wildman–Crippen MR) is 122 cm³/mol. The summed E-state index contributed by atoms with van der Waals surface area (Å²) >= 11 is 0. The van der Waals surface area contributed by atoms with Gasteiger partial charge in [0.25, 0.3) is 0 Å². The van der Waals surface area contributed by atoms with Gasteiger partial charge in [0.2, 0.25) is 5.91 Å². The van der Waals surface area contributed by atoms with E-state index in [2.05, 4.69) is 20.9 Å². The number of carbonyl (C=O) groups excluding carboxylic acids is 1. The van der Waals surface area contributed by atoms with E-state index < -0.39 is 9.84 Å². The molecule has 2 heterocycles. The number of nitrogens with one attached hydrogen (secondary N) is 3. The monoisotopic (exact) mass is 538 g/mol. The number of rotatable bonds is 5. The molecule has 162 valence electrons. The highest BCUT2D eigenvalue weighted by Crippen LogP contribution is 2.32. The number of anilines is 1. The quantitative estimate of drug-likeness (QED) is 0.293. The Kier molecular flexibility index (Phi) is 8.80. The number of nitrogens with zero attached hydrogens (tertiary/aromatic N) is 1. The highest BCUT2D eigenvalue weighted by Gasteiger charge is 2.28. The van der Waals surface area contributed by atoms with Gasteiger partial charge in [-0.2, -0.15) is 0 Å². The molecule has 9 nitrogen and oxygen atoms in total. The maximum Gasteiger partial charge on any atom is 0.222 e. The van der Waals surface area contributed by atoms with Crippen molar-refractivity contribution in [1.82, 2.24) is 10.6 Å². The fourth-order valence-electron chi connectivity index (χ4n) is 3.06. The van der Waals surface area contributed by atoms with E-state index in [0.717, 1.165) is 17.9 Å². The molecule has 1 saturated heterocycles. The smallest absolute Gasteiger partial charge is 0.222 e. The van der Waals surface area contributed by atoms with E-state index >= 15 is 0 Å². The van der Waals surface area contributed by atoms with E-state index in [4.69, 9.17) is 9.47 Å². The first-order chi connectivity index (χ1) is 13.4. The fourth-order valence-corrected chi connectivity index (χ4v) is 4.73. The molecular weight excluding hydrogens is 511 g/mol. The zero-order valence-corrected chi connectivity index (χ0v) is 19.4. The van der Waals surface area contributed by atoms with E-state index in [-0.39, 0.29) is 53.9 Å². The molecule has 3 N–H and O–H groups in total. The second-order valence-corrected chi connectivity index (χ2v) is 8.98. The van der Waals surface area contributed by atoms with Gasteiger partial charge in [0.05, 0.1) is 24.7 Å². The first kappa shape index (κ1) is 23.5. The van der Waals surface area contributed by atoms with Crippen LogP contribution in [0.25, 0.3) is 0 Å². The van der Waals surface area contributed by atoms with Crippen molar-refractivity contribution >= 4 is 51.4 Å². The molecule has 1 unspecified atom stereocenters. The van der Waals surface area contributed by atoms with Crippen LogP contribution in [0.15, 0.2) is 23.2 Å². The van der Waals surface area contributed by atoms with E-state index in [9.17, 15) is 13.2 Å². The van der Waals surface area contributed by atoms with Crippen LogP contribution in [0.4, 0.5) is 5.69 Å². The summed E-state index contributed by atoms with van der Waals surface area (Å²) in [6, 6.07) is 5.28. The zero-order chi connectivity index (χ0) is 20.0. The number of sulfone groups is 1. The number of halogens is 1. The third-order valence-electron chi connectivity index (χ3n) is 4.48. The number of carbonyl (C=O) groups is 1. The van der Waals surface area contributed by atoms with Gasteiger partial charge < -0.3 is 25.4 Å². The minimum atomic E-state index is -3.00. The van der Waals surface area contributed by atoms with Gasteiger partial charge >= 0.3 is 0 Å². The number of ether oxygens (including phenoxy) is 2. The van der Waals surface area contributed by atoms with Crippen LogP contribution >= 0.6 is 24.0 Å².